The summed E-state index contributed by atoms with van der Waals surface area (Å²) in [5, 5.41) is 23.8. The number of hydrogen-bond donors (Lipinski definition) is 3. The molecule has 0 aliphatic carbocycles. The van der Waals surface area contributed by atoms with E-state index in [2.05, 4.69) is 10.1 Å². The maximum atomic E-state index is 9.43. The second-order valence-corrected chi connectivity index (χ2v) is 7.23. The molecular weight excluding hydrogens is 394 g/mol. The third-order valence-corrected chi connectivity index (χ3v) is 5.16. The Labute approximate surface area is 180 Å². The maximum absolute atomic E-state index is 9.43. The largest absolute Gasteiger partial charge is 0.496 e. The van der Waals surface area contributed by atoms with Crippen LogP contribution in [0.3, 0.4) is 0 Å². The Morgan fingerprint density at radius 1 is 1.10 bits per heavy atom. The van der Waals surface area contributed by atoms with Gasteiger partial charge in [-0.25, -0.2) is 9.67 Å². The predicted octanol–water partition coefficient (Wildman–Crippen LogP) is 2.76. The fourth-order valence-electron chi connectivity index (χ4n) is 3.54. The average Bonchev–Trinajstić information content (AvgIpc) is 3.26. The van der Waals surface area contributed by atoms with E-state index in [4.69, 9.17) is 20.6 Å². The molecule has 8 nitrogen and oxygen atoms in total. The highest BCUT2D eigenvalue weighted by molar-refractivity contribution is 5.90. The Kier molecular flexibility index (Phi) is 6.22. The molecule has 1 unspecified atom stereocenters. The van der Waals surface area contributed by atoms with Crippen LogP contribution in [0.1, 0.15) is 30.3 Å². The Balaban J connectivity index is 1.81. The average molecular weight is 419 g/mol. The summed E-state index contributed by atoms with van der Waals surface area (Å²) in [6.45, 7) is -0.0361. The molecule has 4 rings (SSSR count). The van der Waals surface area contributed by atoms with Crippen molar-refractivity contribution >= 4 is 10.9 Å². The summed E-state index contributed by atoms with van der Waals surface area (Å²) >= 11 is 0. The van der Waals surface area contributed by atoms with Gasteiger partial charge in [-0.2, -0.15) is 5.10 Å². The van der Waals surface area contributed by atoms with Crippen molar-refractivity contribution in [2.75, 3.05) is 13.7 Å². The van der Waals surface area contributed by atoms with Gasteiger partial charge in [0.05, 0.1) is 47.9 Å². The number of aliphatic hydroxyl groups is 2. The maximum Gasteiger partial charge on any atom is 0.154 e. The number of benzene rings is 1. The lowest BCUT2D eigenvalue weighted by Crippen LogP contribution is -2.12. The lowest BCUT2D eigenvalue weighted by atomic mass is 10.0. The Hall–Kier alpha value is -3.33. The Morgan fingerprint density at radius 3 is 2.71 bits per heavy atom. The number of fused-ring (bicyclic) bond motifs is 1. The lowest BCUT2D eigenvalue weighted by molar-refractivity contribution is 0.276. The molecule has 0 aliphatic heterocycles. The van der Waals surface area contributed by atoms with Crippen molar-refractivity contribution in [2.45, 2.75) is 25.5 Å². The molecule has 31 heavy (non-hydrogen) atoms. The molecule has 0 aliphatic rings. The first-order chi connectivity index (χ1) is 15.1. The van der Waals surface area contributed by atoms with Gasteiger partial charge in [0.2, 0.25) is 0 Å². The zero-order valence-corrected chi connectivity index (χ0v) is 17.3. The highest BCUT2D eigenvalue weighted by atomic mass is 16.5. The van der Waals surface area contributed by atoms with Crippen LogP contribution in [0, 0.1) is 0 Å². The molecule has 0 saturated heterocycles. The topological polar surface area (TPSA) is 119 Å². The number of aliphatic hydroxyl groups excluding tert-OH is 2. The molecular formula is C23H25N5O3. The number of nitrogens with two attached hydrogens (primary N) is 1. The zero-order chi connectivity index (χ0) is 21.8. The van der Waals surface area contributed by atoms with Crippen LogP contribution in [-0.4, -0.2) is 43.7 Å². The van der Waals surface area contributed by atoms with Crippen molar-refractivity contribution in [3.63, 3.8) is 0 Å². The highest BCUT2D eigenvalue weighted by Crippen LogP contribution is 2.33. The van der Waals surface area contributed by atoms with Crippen LogP contribution in [0.4, 0.5) is 0 Å². The summed E-state index contributed by atoms with van der Waals surface area (Å²) < 4.78 is 7.34. The minimum atomic E-state index is -0.242. The quantitative estimate of drug-likeness (QED) is 0.402. The van der Waals surface area contributed by atoms with Gasteiger partial charge in [0.15, 0.2) is 5.82 Å². The van der Waals surface area contributed by atoms with E-state index in [-0.39, 0.29) is 19.3 Å². The predicted molar refractivity (Wildman–Crippen MR) is 118 cm³/mol. The van der Waals surface area contributed by atoms with Gasteiger partial charge in [0, 0.05) is 18.2 Å². The Morgan fingerprint density at radius 2 is 1.94 bits per heavy atom. The first-order valence-corrected chi connectivity index (χ1v) is 10.1. The number of pyridine rings is 2. The van der Waals surface area contributed by atoms with Gasteiger partial charge >= 0.3 is 0 Å². The van der Waals surface area contributed by atoms with Crippen molar-refractivity contribution in [1.82, 2.24) is 19.7 Å². The molecule has 0 bridgehead atoms. The molecule has 4 aromatic rings. The van der Waals surface area contributed by atoms with Crippen LogP contribution >= 0.6 is 0 Å². The molecule has 0 fully saturated rings. The SMILES string of the molecule is COc1cc(-c2cccc(C(N)CCCO)n2)cc2c1cnn2-c1cccc(CO)n1. The van der Waals surface area contributed by atoms with Gasteiger partial charge in [-0.1, -0.05) is 12.1 Å². The Bertz CT molecular complexity index is 1190. The van der Waals surface area contributed by atoms with E-state index >= 15 is 0 Å². The molecule has 8 heteroatoms. The van der Waals surface area contributed by atoms with Crippen LogP contribution in [0.2, 0.25) is 0 Å². The number of aromatic nitrogens is 4. The second-order valence-electron chi connectivity index (χ2n) is 7.23. The molecule has 0 saturated carbocycles. The van der Waals surface area contributed by atoms with E-state index in [9.17, 15) is 5.11 Å². The summed E-state index contributed by atoms with van der Waals surface area (Å²) in [4.78, 5) is 9.22. The first kappa shape index (κ1) is 20.9. The number of nitrogens with zero attached hydrogens (tertiary/aromatic N) is 4. The summed E-state index contributed by atoms with van der Waals surface area (Å²) in [5.74, 6) is 1.28. The lowest BCUT2D eigenvalue weighted by Gasteiger charge is -2.13. The third kappa shape index (κ3) is 4.27. The van der Waals surface area contributed by atoms with Gasteiger partial charge in [-0.05, 0) is 49.2 Å². The molecule has 3 heterocycles. The van der Waals surface area contributed by atoms with Crippen molar-refractivity contribution < 1.29 is 14.9 Å². The zero-order valence-electron chi connectivity index (χ0n) is 17.3. The number of ether oxygens (including phenoxy) is 1. The highest BCUT2D eigenvalue weighted by Gasteiger charge is 2.15. The minimum Gasteiger partial charge on any atom is -0.496 e. The van der Waals surface area contributed by atoms with Crippen molar-refractivity contribution in [2.24, 2.45) is 5.73 Å². The minimum absolute atomic E-state index is 0.108. The van der Waals surface area contributed by atoms with Crippen molar-refractivity contribution in [3.8, 4) is 22.8 Å². The molecule has 0 amide bonds. The van der Waals surface area contributed by atoms with Gasteiger partial charge < -0.3 is 20.7 Å². The normalized spacial score (nSPS) is 12.3. The van der Waals surface area contributed by atoms with E-state index in [0.717, 1.165) is 27.9 Å². The van der Waals surface area contributed by atoms with Gasteiger partial charge in [-0.3, -0.25) is 4.98 Å². The summed E-state index contributed by atoms with van der Waals surface area (Å²) in [5.41, 5.74) is 10.0. The first-order valence-electron chi connectivity index (χ1n) is 10.1. The third-order valence-electron chi connectivity index (χ3n) is 5.16. The van der Waals surface area contributed by atoms with Crippen LogP contribution in [0.25, 0.3) is 28.0 Å². The van der Waals surface area contributed by atoms with E-state index in [1.54, 1.807) is 24.1 Å². The molecule has 1 atom stereocenters. The fourth-order valence-corrected chi connectivity index (χ4v) is 3.54. The van der Waals surface area contributed by atoms with Crippen molar-refractivity contribution in [1.29, 1.82) is 0 Å². The molecule has 4 N–H and O–H groups in total. The smallest absolute Gasteiger partial charge is 0.154 e. The molecule has 160 valence electrons. The number of hydrogen-bond acceptors (Lipinski definition) is 7. The standard InChI is InChI=1S/C23H25N5O3/c1-31-22-12-15(19-7-3-8-20(27-19)18(24)6-4-10-29)11-21-17(22)13-25-28(21)23-9-2-5-16(14-30)26-23/h2-3,5,7-9,11-13,18,29-30H,4,6,10,14,24H2,1H3. The molecule has 1 aromatic carbocycles. The molecule has 0 radical (unpaired) electrons. The van der Waals surface area contributed by atoms with Gasteiger partial charge in [0.1, 0.15) is 5.75 Å². The van der Waals surface area contributed by atoms with E-state index in [0.29, 0.717) is 30.1 Å². The van der Waals surface area contributed by atoms with E-state index in [1.807, 2.05) is 42.5 Å². The van der Waals surface area contributed by atoms with Crippen LogP contribution in [0.5, 0.6) is 5.75 Å². The second kappa shape index (κ2) is 9.22. The monoisotopic (exact) mass is 419 g/mol. The molecule has 3 aromatic heterocycles. The van der Waals surface area contributed by atoms with Crippen molar-refractivity contribution in [3.05, 3.63) is 66.1 Å². The van der Waals surface area contributed by atoms with Crippen LogP contribution < -0.4 is 10.5 Å². The van der Waals surface area contributed by atoms with Crippen LogP contribution in [-0.2, 0) is 6.61 Å². The molecule has 0 spiro atoms. The summed E-state index contributed by atoms with van der Waals surface area (Å²) in [6.07, 6.45) is 3.03. The number of methoxy groups -OCH3 is 1. The van der Waals surface area contributed by atoms with Gasteiger partial charge in [-0.15, -0.1) is 0 Å². The van der Waals surface area contributed by atoms with E-state index < -0.39 is 0 Å². The van der Waals surface area contributed by atoms with Crippen LogP contribution in [0.15, 0.2) is 54.7 Å². The summed E-state index contributed by atoms with van der Waals surface area (Å²) in [6, 6.07) is 14.9. The fraction of sp³-hybridized carbons (Fsp3) is 0.261. The van der Waals surface area contributed by atoms with E-state index in [1.165, 1.54) is 0 Å². The van der Waals surface area contributed by atoms with Gasteiger partial charge in [0.25, 0.3) is 0 Å². The summed E-state index contributed by atoms with van der Waals surface area (Å²) in [7, 11) is 1.62. The number of rotatable bonds is 8.